The van der Waals surface area contributed by atoms with E-state index in [2.05, 4.69) is 10.2 Å². The summed E-state index contributed by atoms with van der Waals surface area (Å²) >= 11 is 0. The molecule has 1 saturated heterocycles. The molecule has 1 spiro atoms. The van der Waals surface area contributed by atoms with E-state index < -0.39 is 41.1 Å². The molecule has 0 saturated carbocycles. The van der Waals surface area contributed by atoms with Crippen molar-refractivity contribution in [2.75, 3.05) is 20.7 Å². The van der Waals surface area contributed by atoms with Gasteiger partial charge >= 0.3 is 5.97 Å². The van der Waals surface area contributed by atoms with Crippen LogP contribution in [0.3, 0.4) is 0 Å². The van der Waals surface area contributed by atoms with E-state index in [-0.39, 0.29) is 6.04 Å². The Bertz CT molecular complexity index is 1050. The maximum atomic E-state index is 12.8. The predicted molar refractivity (Wildman–Crippen MR) is 117 cm³/mol. The lowest BCUT2D eigenvalue weighted by Crippen LogP contribution is -2.74. The zero-order valence-corrected chi connectivity index (χ0v) is 19.3. The van der Waals surface area contributed by atoms with Gasteiger partial charge in [0.25, 0.3) is 0 Å². The number of rotatable bonds is 5. The number of methoxy groups -OCH3 is 1. The van der Waals surface area contributed by atoms with Crippen LogP contribution in [0.4, 0.5) is 0 Å². The number of carbonyl (C=O) groups is 2. The second-order valence-corrected chi connectivity index (χ2v) is 9.61. The number of esters is 1. The first-order valence-electron chi connectivity index (χ1n) is 11.3. The number of hydrogen-bond acceptors (Lipinski definition) is 8. The van der Waals surface area contributed by atoms with Gasteiger partial charge in [0.05, 0.1) is 18.1 Å². The standard InChI is InChI=1S/C24H30N2O7/c1-12(25-21(28)13(2)27)22(29)32-16-7-8-24(30)17-11-14-5-6-15(31-4)19-18(14)23(24,20(16)33-19)9-10-26(17)3/h5-7,12-13,17,20,27,30H,8-11H2,1-4H3,(H,25,28)/t12-,13-,17?,20-,23-,24-/m0/s1. The van der Waals surface area contributed by atoms with Crippen LogP contribution in [-0.4, -0.2) is 77.6 Å². The van der Waals surface area contributed by atoms with E-state index in [0.717, 1.165) is 17.7 Å². The Kier molecular flexibility index (Phi) is 5.00. The molecule has 0 aromatic heterocycles. The van der Waals surface area contributed by atoms with E-state index in [9.17, 15) is 19.8 Å². The molecule has 3 N–H and O–H groups in total. The van der Waals surface area contributed by atoms with Crippen LogP contribution in [0.1, 0.15) is 37.8 Å². The summed E-state index contributed by atoms with van der Waals surface area (Å²) in [7, 11) is 3.61. The fraction of sp³-hybridized carbons (Fsp3) is 0.583. The number of nitrogens with one attached hydrogen (secondary N) is 1. The molecule has 0 radical (unpaired) electrons. The predicted octanol–water partition coefficient (Wildman–Crippen LogP) is 0.402. The minimum absolute atomic E-state index is 0.0954. The summed E-state index contributed by atoms with van der Waals surface area (Å²) in [4.78, 5) is 26.8. The van der Waals surface area contributed by atoms with Crippen molar-refractivity contribution >= 4 is 11.9 Å². The van der Waals surface area contributed by atoms with Crippen molar-refractivity contribution in [3.05, 3.63) is 35.1 Å². The van der Waals surface area contributed by atoms with Crippen LogP contribution < -0.4 is 14.8 Å². The zero-order chi connectivity index (χ0) is 23.7. The van der Waals surface area contributed by atoms with Crippen molar-refractivity contribution in [2.45, 2.75) is 68.4 Å². The zero-order valence-electron chi connectivity index (χ0n) is 19.3. The number of hydrogen-bond donors (Lipinski definition) is 3. The number of likely N-dealkylation sites (N-methyl/N-ethyl adjacent to an activating group) is 1. The molecule has 9 nitrogen and oxygen atoms in total. The molecule has 2 bridgehead atoms. The van der Waals surface area contributed by atoms with Gasteiger partial charge in [-0.05, 0) is 58.0 Å². The Labute approximate surface area is 192 Å². The number of benzene rings is 1. The van der Waals surface area contributed by atoms with Gasteiger partial charge in [-0.1, -0.05) is 6.07 Å². The van der Waals surface area contributed by atoms with Gasteiger partial charge in [-0.3, -0.25) is 4.79 Å². The van der Waals surface area contributed by atoms with Crippen LogP contribution in [-0.2, 0) is 26.2 Å². The van der Waals surface area contributed by atoms with E-state index in [1.54, 1.807) is 13.2 Å². The van der Waals surface area contributed by atoms with Crippen LogP contribution in [0.25, 0.3) is 0 Å². The van der Waals surface area contributed by atoms with Crippen LogP contribution in [0, 0.1) is 0 Å². The van der Waals surface area contributed by atoms with E-state index >= 15 is 0 Å². The first-order chi connectivity index (χ1) is 15.6. The van der Waals surface area contributed by atoms with Gasteiger partial charge in [-0.25, -0.2) is 4.79 Å². The SMILES string of the molecule is COc1ccc2c3c1O[C@H]1C(OC(=O)[C@H](C)NC(=O)[C@H](C)O)=CC[C@]4(O)C(C2)N(C)CC[C@]314. The highest BCUT2D eigenvalue weighted by Gasteiger charge is 2.72. The number of likely N-dealkylation sites (tertiary alicyclic amines) is 1. The van der Waals surface area contributed by atoms with Crippen molar-refractivity contribution < 1.29 is 34.0 Å². The van der Waals surface area contributed by atoms with Crippen molar-refractivity contribution in [3.8, 4) is 11.5 Å². The molecule has 1 amide bonds. The number of ether oxygens (including phenoxy) is 3. The lowest BCUT2D eigenvalue weighted by molar-refractivity contribution is -0.170. The first kappa shape index (κ1) is 22.2. The Hall–Kier alpha value is -2.62. The molecule has 33 heavy (non-hydrogen) atoms. The normalized spacial score (nSPS) is 33.2. The molecule has 178 valence electrons. The summed E-state index contributed by atoms with van der Waals surface area (Å²) < 4.78 is 17.8. The molecule has 4 aliphatic rings. The van der Waals surface area contributed by atoms with Gasteiger partial charge in [0, 0.05) is 18.0 Å². The Morgan fingerprint density at radius 2 is 2.09 bits per heavy atom. The molecule has 6 atom stereocenters. The third kappa shape index (κ3) is 2.88. The van der Waals surface area contributed by atoms with Gasteiger partial charge in [-0.15, -0.1) is 0 Å². The Morgan fingerprint density at radius 3 is 2.79 bits per heavy atom. The van der Waals surface area contributed by atoms with Gasteiger partial charge in [0.15, 0.2) is 17.6 Å². The number of amides is 1. The summed E-state index contributed by atoms with van der Waals surface area (Å²) in [5.74, 6) is 0.192. The van der Waals surface area contributed by atoms with Crippen LogP contribution in [0.15, 0.2) is 24.0 Å². The first-order valence-corrected chi connectivity index (χ1v) is 11.3. The van der Waals surface area contributed by atoms with Crippen molar-refractivity contribution in [1.82, 2.24) is 10.2 Å². The van der Waals surface area contributed by atoms with Gasteiger partial charge in [0.1, 0.15) is 17.9 Å². The topological polar surface area (TPSA) is 118 Å². The Morgan fingerprint density at radius 1 is 1.33 bits per heavy atom. The molecular formula is C24H30N2O7. The molecule has 9 heteroatoms. The number of nitrogens with zero attached hydrogens (tertiary/aromatic N) is 1. The van der Waals surface area contributed by atoms with Crippen molar-refractivity contribution in [3.63, 3.8) is 0 Å². The van der Waals surface area contributed by atoms with E-state index in [1.165, 1.54) is 13.8 Å². The third-order valence-corrected chi connectivity index (χ3v) is 7.87. The number of aliphatic hydroxyl groups excluding tert-OH is 1. The fourth-order valence-corrected chi connectivity index (χ4v) is 6.19. The smallest absolute Gasteiger partial charge is 0.333 e. The lowest BCUT2D eigenvalue weighted by atomic mass is 9.50. The highest BCUT2D eigenvalue weighted by Crippen LogP contribution is 2.65. The summed E-state index contributed by atoms with van der Waals surface area (Å²) in [6, 6.07) is 2.86. The minimum Gasteiger partial charge on any atom is -0.493 e. The minimum atomic E-state index is -1.24. The summed E-state index contributed by atoms with van der Waals surface area (Å²) in [5, 5.41) is 24.0. The van der Waals surface area contributed by atoms with Crippen LogP contribution in [0.5, 0.6) is 11.5 Å². The quantitative estimate of drug-likeness (QED) is 0.543. The highest BCUT2D eigenvalue weighted by atomic mass is 16.6. The maximum Gasteiger partial charge on any atom is 0.333 e. The molecular weight excluding hydrogens is 428 g/mol. The largest absolute Gasteiger partial charge is 0.493 e. The maximum absolute atomic E-state index is 12.8. The average Bonchev–Trinajstić information content (AvgIpc) is 3.13. The average molecular weight is 459 g/mol. The van der Waals surface area contributed by atoms with Crippen LogP contribution in [0.2, 0.25) is 0 Å². The number of piperidine rings is 1. The summed E-state index contributed by atoms with van der Waals surface area (Å²) in [6.07, 6.45) is 1.45. The van der Waals surface area contributed by atoms with E-state index in [1.807, 2.05) is 19.2 Å². The lowest BCUT2D eigenvalue weighted by Gasteiger charge is -2.61. The second kappa shape index (κ2) is 7.44. The van der Waals surface area contributed by atoms with Crippen molar-refractivity contribution in [1.29, 1.82) is 0 Å². The molecule has 1 aromatic carbocycles. The molecule has 5 rings (SSSR count). The molecule has 1 fully saturated rings. The van der Waals surface area contributed by atoms with Crippen LogP contribution >= 0.6 is 0 Å². The monoisotopic (exact) mass is 458 g/mol. The summed E-state index contributed by atoms with van der Waals surface area (Å²) in [6.45, 7) is 3.59. The molecule has 1 unspecified atom stereocenters. The molecule has 1 aromatic rings. The summed E-state index contributed by atoms with van der Waals surface area (Å²) in [5.41, 5.74) is 0.214. The molecule has 2 aliphatic carbocycles. The second-order valence-electron chi connectivity index (χ2n) is 9.61. The Balaban J connectivity index is 1.54. The molecule has 2 heterocycles. The molecule has 2 aliphatic heterocycles. The third-order valence-electron chi connectivity index (χ3n) is 7.87. The van der Waals surface area contributed by atoms with E-state index in [4.69, 9.17) is 14.2 Å². The highest BCUT2D eigenvalue weighted by molar-refractivity contribution is 5.86. The van der Waals surface area contributed by atoms with Crippen molar-refractivity contribution in [2.24, 2.45) is 0 Å². The number of carbonyl (C=O) groups excluding carboxylic acids is 2. The van der Waals surface area contributed by atoms with Gasteiger partial charge in [0.2, 0.25) is 5.91 Å². The van der Waals surface area contributed by atoms with Gasteiger partial charge < -0.3 is 34.6 Å². The fourth-order valence-electron chi connectivity index (χ4n) is 6.19. The number of aliphatic hydroxyl groups is 2. The van der Waals surface area contributed by atoms with Gasteiger partial charge in [-0.2, -0.15) is 0 Å². The van der Waals surface area contributed by atoms with E-state index in [0.29, 0.717) is 36.5 Å².